The van der Waals surface area contributed by atoms with Gasteiger partial charge in [-0.15, -0.1) is 0 Å². The molecule has 3 rings (SSSR count). The average Bonchev–Trinajstić information content (AvgIpc) is 2.64. The summed E-state index contributed by atoms with van der Waals surface area (Å²) in [5, 5.41) is 3.89. The lowest BCUT2D eigenvalue weighted by molar-refractivity contribution is 0.0955. The fourth-order valence-corrected chi connectivity index (χ4v) is 2.42. The van der Waals surface area contributed by atoms with Crippen molar-refractivity contribution in [2.75, 3.05) is 31.2 Å². The van der Waals surface area contributed by atoms with Crippen LogP contribution in [0.4, 0.5) is 10.1 Å². The Morgan fingerprint density at radius 3 is 2.42 bits per heavy atom. The molecule has 1 saturated heterocycles. The second kappa shape index (κ2) is 7.70. The fourth-order valence-electron chi connectivity index (χ4n) is 2.42. The number of carbonyl (C=O) groups is 1. The number of hydrazone groups is 1. The van der Waals surface area contributed by atoms with Gasteiger partial charge in [0.25, 0.3) is 5.91 Å². The van der Waals surface area contributed by atoms with Crippen molar-refractivity contribution in [2.24, 2.45) is 5.10 Å². The number of anilines is 1. The van der Waals surface area contributed by atoms with Crippen molar-refractivity contribution in [2.45, 2.75) is 0 Å². The molecule has 0 atom stereocenters. The van der Waals surface area contributed by atoms with E-state index in [1.807, 2.05) is 12.1 Å². The number of nitrogens with one attached hydrogen (secondary N) is 1. The number of amides is 1. The maximum atomic E-state index is 12.8. The van der Waals surface area contributed by atoms with Crippen molar-refractivity contribution in [3.8, 4) is 0 Å². The summed E-state index contributed by atoms with van der Waals surface area (Å²) in [6.45, 7) is 3.15. The van der Waals surface area contributed by atoms with Gasteiger partial charge in [0.05, 0.1) is 19.4 Å². The maximum absolute atomic E-state index is 12.8. The van der Waals surface area contributed by atoms with E-state index >= 15 is 0 Å². The van der Waals surface area contributed by atoms with Gasteiger partial charge >= 0.3 is 0 Å². The van der Waals surface area contributed by atoms with Gasteiger partial charge in [0.1, 0.15) is 5.82 Å². The SMILES string of the molecule is O=C(N/N=C/c1ccc(F)cc1)c1ccc(N2CCOCC2)cc1. The molecule has 0 aromatic heterocycles. The Hall–Kier alpha value is -2.73. The average molecular weight is 327 g/mol. The molecule has 1 aliphatic heterocycles. The zero-order chi connectivity index (χ0) is 16.8. The van der Waals surface area contributed by atoms with Gasteiger partial charge in [0, 0.05) is 24.3 Å². The van der Waals surface area contributed by atoms with Crippen molar-refractivity contribution in [3.05, 3.63) is 65.5 Å². The van der Waals surface area contributed by atoms with E-state index in [0.29, 0.717) is 11.1 Å². The van der Waals surface area contributed by atoms with Crippen LogP contribution in [0.3, 0.4) is 0 Å². The van der Waals surface area contributed by atoms with Crippen molar-refractivity contribution in [1.29, 1.82) is 0 Å². The third-order valence-electron chi connectivity index (χ3n) is 3.76. The van der Waals surface area contributed by atoms with Crippen LogP contribution in [0, 0.1) is 5.82 Å². The van der Waals surface area contributed by atoms with Gasteiger partial charge in [-0.05, 0) is 42.0 Å². The van der Waals surface area contributed by atoms with Crippen molar-refractivity contribution in [3.63, 3.8) is 0 Å². The number of rotatable bonds is 4. The van der Waals surface area contributed by atoms with E-state index in [1.165, 1.54) is 18.3 Å². The summed E-state index contributed by atoms with van der Waals surface area (Å²) in [6, 6.07) is 13.2. The molecule has 0 radical (unpaired) electrons. The molecule has 0 saturated carbocycles. The maximum Gasteiger partial charge on any atom is 0.271 e. The van der Waals surface area contributed by atoms with Crippen LogP contribution in [0.2, 0.25) is 0 Å². The summed E-state index contributed by atoms with van der Waals surface area (Å²) in [5.74, 6) is -0.599. The molecule has 0 spiro atoms. The molecular weight excluding hydrogens is 309 g/mol. The lowest BCUT2D eigenvalue weighted by Gasteiger charge is -2.28. The van der Waals surface area contributed by atoms with Crippen LogP contribution < -0.4 is 10.3 Å². The quantitative estimate of drug-likeness (QED) is 0.693. The monoisotopic (exact) mass is 327 g/mol. The van der Waals surface area contributed by atoms with Gasteiger partial charge in [-0.3, -0.25) is 4.79 Å². The summed E-state index contributed by atoms with van der Waals surface area (Å²) >= 11 is 0. The normalized spacial score (nSPS) is 14.8. The summed E-state index contributed by atoms with van der Waals surface area (Å²) in [4.78, 5) is 14.3. The minimum Gasteiger partial charge on any atom is -0.378 e. The lowest BCUT2D eigenvalue weighted by Crippen LogP contribution is -2.36. The first-order valence-corrected chi connectivity index (χ1v) is 7.74. The number of hydrogen-bond acceptors (Lipinski definition) is 4. The molecule has 0 bridgehead atoms. The Morgan fingerprint density at radius 1 is 1.08 bits per heavy atom. The Balaban J connectivity index is 1.57. The van der Waals surface area contributed by atoms with Crippen LogP contribution in [0.1, 0.15) is 15.9 Å². The molecule has 0 unspecified atom stereocenters. The second-order valence-electron chi connectivity index (χ2n) is 5.40. The van der Waals surface area contributed by atoms with E-state index in [4.69, 9.17) is 4.74 Å². The first-order chi connectivity index (χ1) is 11.7. The highest BCUT2D eigenvalue weighted by atomic mass is 19.1. The molecular formula is C18H18FN3O2. The minimum atomic E-state index is -0.309. The minimum absolute atomic E-state index is 0.290. The number of hydrogen-bond donors (Lipinski definition) is 1. The second-order valence-corrected chi connectivity index (χ2v) is 5.40. The Labute approximate surface area is 139 Å². The van der Waals surface area contributed by atoms with Gasteiger partial charge in [-0.25, -0.2) is 9.82 Å². The number of halogens is 1. The first-order valence-electron chi connectivity index (χ1n) is 7.74. The molecule has 0 aliphatic carbocycles. The van der Waals surface area contributed by atoms with Crippen molar-refractivity contribution < 1.29 is 13.9 Å². The highest BCUT2D eigenvalue weighted by Gasteiger charge is 2.11. The fraction of sp³-hybridized carbons (Fsp3) is 0.222. The van der Waals surface area contributed by atoms with Gasteiger partial charge in [-0.2, -0.15) is 5.10 Å². The first kappa shape index (κ1) is 16.1. The number of carbonyl (C=O) groups excluding carboxylic acids is 1. The molecule has 124 valence electrons. The van der Waals surface area contributed by atoms with Crippen molar-refractivity contribution in [1.82, 2.24) is 5.43 Å². The summed E-state index contributed by atoms with van der Waals surface area (Å²) in [5.41, 5.74) is 4.78. The smallest absolute Gasteiger partial charge is 0.271 e. The largest absolute Gasteiger partial charge is 0.378 e. The molecule has 2 aromatic carbocycles. The molecule has 1 heterocycles. The van der Waals surface area contributed by atoms with Crippen LogP contribution in [-0.2, 0) is 4.74 Å². The molecule has 5 nitrogen and oxygen atoms in total. The Morgan fingerprint density at radius 2 is 1.75 bits per heavy atom. The Bertz CT molecular complexity index is 708. The van der Waals surface area contributed by atoms with E-state index in [1.54, 1.807) is 24.3 Å². The predicted molar refractivity (Wildman–Crippen MR) is 90.9 cm³/mol. The van der Waals surface area contributed by atoms with Gasteiger partial charge < -0.3 is 9.64 Å². The van der Waals surface area contributed by atoms with Crippen LogP contribution >= 0.6 is 0 Å². The number of morpholine rings is 1. The van der Waals surface area contributed by atoms with E-state index < -0.39 is 0 Å². The van der Waals surface area contributed by atoms with Crippen LogP contribution in [-0.4, -0.2) is 38.4 Å². The Kier molecular flexibility index (Phi) is 5.18. The summed E-state index contributed by atoms with van der Waals surface area (Å²) in [7, 11) is 0. The van der Waals surface area contributed by atoms with Gasteiger partial charge in [0.2, 0.25) is 0 Å². The van der Waals surface area contributed by atoms with E-state index in [-0.39, 0.29) is 11.7 Å². The number of nitrogens with zero attached hydrogens (tertiary/aromatic N) is 2. The zero-order valence-corrected chi connectivity index (χ0v) is 13.1. The molecule has 6 heteroatoms. The summed E-state index contributed by atoms with van der Waals surface area (Å²) in [6.07, 6.45) is 1.47. The van der Waals surface area contributed by atoms with Crippen LogP contribution in [0.25, 0.3) is 0 Å². The zero-order valence-electron chi connectivity index (χ0n) is 13.1. The topological polar surface area (TPSA) is 53.9 Å². The summed E-state index contributed by atoms with van der Waals surface area (Å²) < 4.78 is 18.1. The van der Waals surface area contributed by atoms with Crippen molar-refractivity contribution >= 4 is 17.8 Å². The molecule has 1 amide bonds. The molecule has 24 heavy (non-hydrogen) atoms. The highest BCUT2D eigenvalue weighted by molar-refractivity contribution is 5.95. The standard InChI is InChI=1S/C18H18FN3O2/c19-16-5-1-14(2-6-16)13-20-21-18(23)15-3-7-17(8-4-15)22-9-11-24-12-10-22/h1-8,13H,9-12H2,(H,21,23)/b20-13+. The molecule has 1 fully saturated rings. The van der Waals surface area contributed by atoms with E-state index in [9.17, 15) is 9.18 Å². The third-order valence-corrected chi connectivity index (χ3v) is 3.76. The van der Waals surface area contributed by atoms with Crippen LogP contribution in [0.15, 0.2) is 53.6 Å². The van der Waals surface area contributed by atoms with Gasteiger partial charge in [-0.1, -0.05) is 12.1 Å². The van der Waals surface area contributed by atoms with Crippen LogP contribution in [0.5, 0.6) is 0 Å². The number of benzene rings is 2. The number of ether oxygens (including phenoxy) is 1. The molecule has 2 aromatic rings. The third kappa shape index (κ3) is 4.17. The van der Waals surface area contributed by atoms with E-state index in [2.05, 4.69) is 15.4 Å². The lowest BCUT2D eigenvalue weighted by atomic mass is 10.2. The van der Waals surface area contributed by atoms with E-state index in [0.717, 1.165) is 32.0 Å². The molecule has 1 aliphatic rings. The van der Waals surface area contributed by atoms with Gasteiger partial charge in [0.15, 0.2) is 0 Å². The molecule has 1 N–H and O–H groups in total. The highest BCUT2D eigenvalue weighted by Crippen LogP contribution is 2.16. The predicted octanol–water partition coefficient (Wildman–Crippen LogP) is 2.43.